The highest BCUT2D eigenvalue weighted by atomic mass is 16.2. The Morgan fingerprint density at radius 2 is 2.33 bits per heavy atom. The van der Waals surface area contributed by atoms with Crippen LogP contribution >= 0.6 is 0 Å². The molecular formula is C10H20N4O. The van der Waals surface area contributed by atoms with Gasteiger partial charge in [-0.15, -0.1) is 0 Å². The molecule has 2 atom stereocenters. The highest BCUT2D eigenvalue weighted by Crippen LogP contribution is 2.17. The summed E-state index contributed by atoms with van der Waals surface area (Å²) in [6.07, 6.45) is 2.03. The molecule has 15 heavy (non-hydrogen) atoms. The van der Waals surface area contributed by atoms with E-state index in [1.165, 1.54) is 0 Å². The van der Waals surface area contributed by atoms with Crippen molar-refractivity contribution in [1.29, 1.82) is 0 Å². The molecule has 1 fully saturated rings. The molecule has 0 unspecified atom stereocenters. The molecule has 1 saturated heterocycles. The van der Waals surface area contributed by atoms with E-state index >= 15 is 0 Å². The van der Waals surface area contributed by atoms with Crippen molar-refractivity contribution in [2.45, 2.75) is 38.8 Å². The standard InChI is InChI=1S/C10H20N4O/c1-7(13-8(2)12)10(15)14-5-3-4-9(14)6-11/h7,9H,3-6,11H2,1-2H3,(H2,12,13)/t7-,9-/m0/s1. The number of hydrogen-bond donors (Lipinski definition) is 2. The van der Waals surface area contributed by atoms with Gasteiger partial charge >= 0.3 is 0 Å². The maximum Gasteiger partial charge on any atom is 0.247 e. The molecule has 86 valence electrons. The van der Waals surface area contributed by atoms with Gasteiger partial charge < -0.3 is 16.4 Å². The number of amides is 1. The molecule has 1 aliphatic rings. The molecule has 5 nitrogen and oxygen atoms in total. The summed E-state index contributed by atoms with van der Waals surface area (Å²) in [5.41, 5.74) is 11.1. The van der Waals surface area contributed by atoms with Crippen molar-refractivity contribution in [3.05, 3.63) is 0 Å². The monoisotopic (exact) mass is 212 g/mol. The number of aliphatic imine (C=N–C) groups is 1. The summed E-state index contributed by atoms with van der Waals surface area (Å²) in [7, 11) is 0. The molecule has 0 bridgehead atoms. The van der Waals surface area contributed by atoms with Gasteiger partial charge in [-0.05, 0) is 26.7 Å². The molecule has 0 radical (unpaired) electrons. The summed E-state index contributed by atoms with van der Waals surface area (Å²) < 4.78 is 0. The van der Waals surface area contributed by atoms with Gasteiger partial charge in [0.25, 0.3) is 0 Å². The SMILES string of the molecule is CC(N)=N[C@@H](C)C(=O)N1CCC[C@H]1CN. The highest BCUT2D eigenvalue weighted by molar-refractivity contribution is 5.86. The Hall–Kier alpha value is -1.10. The number of rotatable bonds is 3. The second-order valence-electron chi connectivity index (χ2n) is 4.01. The van der Waals surface area contributed by atoms with E-state index in [1.807, 2.05) is 4.90 Å². The summed E-state index contributed by atoms with van der Waals surface area (Å²) in [6, 6.07) is -0.199. The number of nitrogens with zero attached hydrogens (tertiary/aromatic N) is 2. The fourth-order valence-corrected chi connectivity index (χ4v) is 1.97. The van der Waals surface area contributed by atoms with Crippen LogP contribution in [-0.2, 0) is 4.79 Å². The maximum atomic E-state index is 12.0. The molecule has 0 aliphatic carbocycles. The molecule has 5 heteroatoms. The van der Waals surface area contributed by atoms with Crippen LogP contribution in [0.15, 0.2) is 4.99 Å². The van der Waals surface area contributed by atoms with Crippen molar-refractivity contribution in [3.63, 3.8) is 0 Å². The predicted octanol–water partition coefficient (Wildman–Crippen LogP) is -0.298. The first-order valence-corrected chi connectivity index (χ1v) is 5.36. The minimum atomic E-state index is -0.387. The molecule has 0 aromatic rings. The summed E-state index contributed by atoms with van der Waals surface area (Å²) in [5.74, 6) is 0.479. The van der Waals surface area contributed by atoms with Crippen LogP contribution in [0.2, 0.25) is 0 Å². The van der Waals surface area contributed by atoms with E-state index in [1.54, 1.807) is 13.8 Å². The van der Waals surface area contributed by atoms with E-state index < -0.39 is 0 Å². The molecule has 0 aromatic carbocycles. The van der Waals surface area contributed by atoms with Gasteiger partial charge in [-0.25, -0.2) is 0 Å². The van der Waals surface area contributed by atoms with Gasteiger partial charge in [-0.2, -0.15) is 0 Å². The van der Waals surface area contributed by atoms with Crippen LogP contribution in [0.3, 0.4) is 0 Å². The Balaban J connectivity index is 2.63. The molecule has 0 saturated carbocycles. The predicted molar refractivity (Wildman–Crippen MR) is 60.5 cm³/mol. The summed E-state index contributed by atoms with van der Waals surface area (Å²) >= 11 is 0. The molecule has 1 heterocycles. The Bertz CT molecular complexity index is 260. The van der Waals surface area contributed by atoms with Gasteiger partial charge in [0.2, 0.25) is 5.91 Å². The number of nitrogens with two attached hydrogens (primary N) is 2. The van der Waals surface area contributed by atoms with Crippen LogP contribution in [0.5, 0.6) is 0 Å². The van der Waals surface area contributed by atoms with Gasteiger partial charge in [0.15, 0.2) is 0 Å². The van der Waals surface area contributed by atoms with Crippen LogP contribution in [-0.4, -0.2) is 41.8 Å². The van der Waals surface area contributed by atoms with E-state index in [9.17, 15) is 4.79 Å². The van der Waals surface area contributed by atoms with Crippen LogP contribution in [0.4, 0.5) is 0 Å². The molecule has 1 rings (SSSR count). The van der Waals surface area contributed by atoms with Crippen molar-refractivity contribution >= 4 is 11.7 Å². The van der Waals surface area contributed by atoms with E-state index in [-0.39, 0.29) is 18.0 Å². The summed E-state index contributed by atoms with van der Waals surface area (Å²) in [5, 5.41) is 0. The third kappa shape index (κ3) is 2.92. The number of amidine groups is 1. The number of carbonyl (C=O) groups is 1. The topological polar surface area (TPSA) is 84.7 Å². The van der Waals surface area contributed by atoms with Crippen molar-refractivity contribution in [2.24, 2.45) is 16.5 Å². The van der Waals surface area contributed by atoms with Crippen LogP contribution in [0, 0.1) is 0 Å². The largest absolute Gasteiger partial charge is 0.388 e. The smallest absolute Gasteiger partial charge is 0.247 e. The van der Waals surface area contributed by atoms with Crippen molar-refractivity contribution in [2.75, 3.05) is 13.1 Å². The summed E-state index contributed by atoms with van der Waals surface area (Å²) in [6.45, 7) is 4.78. The number of likely N-dealkylation sites (tertiary alicyclic amines) is 1. The Kier molecular flexibility index (Phi) is 4.08. The average molecular weight is 212 g/mol. The zero-order valence-corrected chi connectivity index (χ0v) is 9.44. The lowest BCUT2D eigenvalue weighted by molar-refractivity contribution is -0.132. The van der Waals surface area contributed by atoms with E-state index in [2.05, 4.69) is 4.99 Å². The molecule has 1 aliphatic heterocycles. The second kappa shape index (κ2) is 5.11. The first kappa shape index (κ1) is 12.0. The first-order valence-electron chi connectivity index (χ1n) is 5.36. The van der Waals surface area contributed by atoms with Crippen LogP contribution < -0.4 is 11.5 Å². The zero-order valence-electron chi connectivity index (χ0n) is 9.44. The van der Waals surface area contributed by atoms with Gasteiger partial charge in [0, 0.05) is 19.1 Å². The number of hydrogen-bond acceptors (Lipinski definition) is 3. The molecule has 4 N–H and O–H groups in total. The fraction of sp³-hybridized carbons (Fsp3) is 0.800. The van der Waals surface area contributed by atoms with Crippen molar-refractivity contribution in [1.82, 2.24) is 4.90 Å². The van der Waals surface area contributed by atoms with Crippen LogP contribution in [0.25, 0.3) is 0 Å². The molecule has 0 aromatic heterocycles. The average Bonchev–Trinajstić information content (AvgIpc) is 2.62. The van der Waals surface area contributed by atoms with Crippen molar-refractivity contribution < 1.29 is 4.79 Å². The second-order valence-corrected chi connectivity index (χ2v) is 4.01. The van der Waals surface area contributed by atoms with E-state index in [0.29, 0.717) is 12.4 Å². The summed E-state index contributed by atoms with van der Waals surface area (Å²) in [4.78, 5) is 17.8. The minimum Gasteiger partial charge on any atom is -0.388 e. The zero-order chi connectivity index (χ0) is 11.4. The highest BCUT2D eigenvalue weighted by Gasteiger charge is 2.30. The Labute approximate surface area is 90.5 Å². The van der Waals surface area contributed by atoms with E-state index in [0.717, 1.165) is 19.4 Å². The first-order chi connectivity index (χ1) is 7.06. The quantitative estimate of drug-likeness (QED) is 0.497. The number of carbonyl (C=O) groups excluding carboxylic acids is 1. The maximum absolute atomic E-state index is 12.0. The lowest BCUT2D eigenvalue weighted by Gasteiger charge is -2.25. The van der Waals surface area contributed by atoms with Crippen molar-refractivity contribution in [3.8, 4) is 0 Å². The normalized spacial score (nSPS) is 24.3. The van der Waals surface area contributed by atoms with Gasteiger partial charge in [0.1, 0.15) is 6.04 Å². The fourth-order valence-electron chi connectivity index (χ4n) is 1.97. The van der Waals surface area contributed by atoms with Gasteiger partial charge in [-0.3, -0.25) is 9.79 Å². The lowest BCUT2D eigenvalue weighted by Crippen LogP contribution is -2.44. The molecule has 0 spiro atoms. The lowest BCUT2D eigenvalue weighted by atomic mass is 10.2. The molecular weight excluding hydrogens is 192 g/mol. The van der Waals surface area contributed by atoms with Gasteiger partial charge in [0.05, 0.1) is 5.84 Å². The third-order valence-corrected chi connectivity index (χ3v) is 2.69. The Morgan fingerprint density at radius 1 is 1.67 bits per heavy atom. The Morgan fingerprint density at radius 3 is 2.87 bits per heavy atom. The minimum absolute atomic E-state index is 0.0350. The van der Waals surface area contributed by atoms with Crippen LogP contribution in [0.1, 0.15) is 26.7 Å². The third-order valence-electron chi connectivity index (χ3n) is 2.69. The van der Waals surface area contributed by atoms with Gasteiger partial charge in [-0.1, -0.05) is 0 Å². The van der Waals surface area contributed by atoms with E-state index in [4.69, 9.17) is 11.5 Å². The molecule has 1 amide bonds.